The van der Waals surface area contributed by atoms with Gasteiger partial charge in [0, 0.05) is 0 Å². The Morgan fingerprint density at radius 2 is 1.95 bits per heavy atom. The molecule has 1 aromatic rings. The van der Waals surface area contributed by atoms with E-state index in [9.17, 15) is 9.50 Å². The van der Waals surface area contributed by atoms with Crippen molar-refractivity contribution < 1.29 is 9.50 Å². The molecule has 0 amide bonds. The zero-order valence-corrected chi connectivity index (χ0v) is 12.0. The summed E-state index contributed by atoms with van der Waals surface area (Å²) < 4.78 is 13.2. The summed E-state index contributed by atoms with van der Waals surface area (Å²) in [6.07, 6.45) is 5.95. The second-order valence-corrected chi connectivity index (χ2v) is 6.52. The highest BCUT2D eigenvalue weighted by atomic mass is 19.1. The molecule has 1 aliphatic carbocycles. The molecule has 106 valence electrons. The van der Waals surface area contributed by atoms with Crippen molar-refractivity contribution in [2.45, 2.75) is 58.5 Å². The molecule has 0 spiro atoms. The van der Waals surface area contributed by atoms with Gasteiger partial charge in [0.1, 0.15) is 5.82 Å². The third-order valence-electron chi connectivity index (χ3n) is 4.44. The van der Waals surface area contributed by atoms with Crippen molar-refractivity contribution in [3.8, 4) is 0 Å². The lowest BCUT2D eigenvalue weighted by Crippen LogP contribution is -2.35. The standard InChI is InChI=1S/C17H25FO/c1-13(2)12-17(8-3-4-9-17)16(19)11-14-6-5-7-15(18)10-14/h5-7,10,13,16,19H,3-4,8-9,11-12H2,1-2H3. The second-order valence-electron chi connectivity index (χ2n) is 6.52. The lowest BCUT2D eigenvalue weighted by Gasteiger charge is -2.36. The molecule has 1 fully saturated rings. The van der Waals surface area contributed by atoms with Crippen LogP contribution in [0.4, 0.5) is 4.39 Å². The smallest absolute Gasteiger partial charge is 0.123 e. The first kappa shape index (κ1) is 14.5. The lowest BCUT2D eigenvalue weighted by molar-refractivity contribution is 0.0133. The van der Waals surface area contributed by atoms with Crippen LogP contribution in [0.3, 0.4) is 0 Å². The fourth-order valence-electron chi connectivity index (χ4n) is 3.67. The number of rotatable bonds is 5. The van der Waals surface area contributed by atoms with E-state index in [0.717, 1.165) is 24.8 Å². The SMILES string of the molecule is CC(C)CC1(C(O)Cc2cccc(F)c2)CCCC1. The first-order chi connectivity index (χ1) is 9.02. The van der Waals surface area contributed by atoms with Crippen LogP contribution < -0.4 is 0 Å². The molecule has 1 aromatic carbocycles. The predicted octanol–water partition coefficient (Wildman–Crippen LogP) is 4.34. The summed E-state index contributed by atoms with van der Waals surface area (Å²) >= 11 is 0. The van der Waals surface area contributed by atoms with Gasteiger partial charge in [-0.2, -0.15) is 0 Å². The van der Waals surface area contributed by atoms with E-state index in [1.54, 1.807) is 12.1 Å². The van der Waals surface area contributed by atoms with Gasteiger partial charge in [-0.3, -0.25) is 0 Å². The van der Waals surface area contributed by atoms with Crippen molar-refractivity contribution in [2.24, 2.45) is 11.3 Å². The molecule has 0 bridgehead atoms. The lowest BCUT2D eigenvalue weighted by atomic mass is 9.72. The second kappa shape index (κ2) is 6.04. The van der Waals surface area contributed by atoms with Gasteiger partial charge < -0.3 is 5.11 Å². The van der Waals surface area contributed by atoms with Crippen LogP contribution in [-0.4, -0.2) is 11.2 Å². The van der Waals surface area contributed by atoms with Crippen molar-refractivity contribution >= 4 is 0 Å². The van der Waals surface area contributed by atoms with Gasteiger partial charge >= 0.3 is 0 Å². The van der Waals surface area contributed by atoms with E-state index in [1.807, 2.05) is 6.07 Å². The average molecular weight is 264 g/mol. The molecule has 1 atom stereocenters. The Morgan fingerprint density at radius 1 is 1.26 bits per heavy atom. The fourth-order valence-corrected chi connectivity index (χ4v) is 3.67. The molecule has 2 rings (SSSR count). The van der Waals surface area contributed by atoms with Crippen molar-refractivity contribution in [3.05, 3.63) is 35.6 Å². The summed E-state index contributed by atoms with van der Waals surface area (Å²) in [4.78, 5) is 0. The van der Waals surface area contributed by atoms with Gasteiger partial charge in [0.05, 0.1) is 6.10 Å². The normalized spacial score (nSPS) is 19.8. The largest absolute Gasteiger partial charge is 0.392 e. The molecule has 0 heterocycles. The molecule has 1 nitrogen and oxygen atoms in total. The van der Waals surface area contributed by atoms with E-state index in [1.165, 1.54) is 18.9 Å². The Balaban J connectivity index is 2.09. The van der Waals surface area contributed by atoms with E-state index in [0.29, 0.717) is 12.3 Å². The van der Waals surface area contributed by atoms with Crippen LogP contribution >= 0.6 is 0 Å². The maximum Gasteiger partial charge on any atom is 0.123 e. The maximum atomic E-state index is 13.2. The summed E-state index contributed by atoms with van der Waals surface area (Å²) in [5.41, 5.74) is 0.961. The van der Waals surface area contributed by atoms with Crippen molar-refractivity contribution in [1.82, 2.24) is 0 Å². The molecule has 1 aliphatic rings. The number of benzene rings is 1. The van der Waals surface area contributed by atoms with Crippen LogP contribution in [0.25, 0.3) is 0 Å². The van der Waals surface area contributed by atoms with Gasteiger partial charge in [0.15, 0.2) is 0 Å². The van der Waals surface area contributed by atoms with Crippen molar-refractivity contribution in [1.29, 1.82) is 0 Å². The summed E-state index contributed by atoms with van der Waals surface area (Å²) in [5, 5.41) is 10.7. The fraction of sp³-hybridized carbons (Fsp3) is 0.647. The van der Waals surface area contributed by atoms with Crippen LogP contribution in [0.5, 0.6) is 0 Å². The maximum absolute atomic E-state index is 13.2. The molecule has 0 aliphatic heterocycles. The molecular formula is C17H25FO. The Hall–Kier alpha value is -0.890. The minimum absolute atomic E-state index is 0.0560. The summed E-state index contributed by atoms with van der Waals surface area (Å²) in [7, 11) is 0. The van der Waals surface area contributed by atoms with Gasteiger partial charge in [-0.05, 0) is 54.7 Å². The zero-order valence-electron chi connectivity index (χ0n) is 12.0. The Morgan fingerprint density at radius 3 is 2.53 bits per heavy atom. The van der Waals surface area contributed by atoms with Crippen LogP contribution in [0.1, 0.15) is 51.5 Å². The molecule has 0 saturated heterocycles. The third-order valence-corrected chi connectivity index (χ3v) is 4.44. The third kappa shape index (κ3) is 3.56. The highest BCUT2D eigenvalue weighted by molar-refractivity contribution is 5.18. The molecule has 0 radical (unpaired) electrons. The topological polar surface area (TPSA) is 20.2 Å². The Bertz CT molecular complexity index is 407. The highest BCUT2D eigenvalue weighted by Crippen LogP contribution is 2.46. The molecule has 1 N–H and O–H groups in total. The first-order valence-electron chi connectivity index (χ1n) is 7.44. The summed E-state index contributed by atoms with van der Waals surface area (Å²) in [5.74, 6) is 0.384. The molecule has 0 aromatic heterocycles. The van der Waals surface area contributed by atoms with Gasteiger partial charge in [-0.15, -0.1) is 0 Å². The van der Waals surface area contributed by atoms with E-state index in [-0.39, 0.29) is 17.3 Å². The van der Waals surface area contributed by atoms with E-state index in [2.05, 4.69) is 13.8 Å². The minimum atomic E-state index is -0.348. The molecule has 1 unspecified atom stereocenters. The minimum Gasteiger partial charge on any atom is -0.392 e. The highest BCUT2D eigenvalue weighted by Gasteiger charge is 2.40. The monoisotopic (exact) mass is 264 g/mol. The van der Waals surface area contributed by atoms with E-state index in [4.69, 9.17) is 0 Å². The van der Waals surface area contributed by atoms with Crippen LogP contribution in [0.15, 0.2) is 24.3 Å². The van der Waals surface area contributed by atoms with Gasteiger partial charge in [0.2, 0.25) is 0 Å². The number of aliphatic hydroxyl groups is 1. The van der Waals surface area contributed by atoms with Crippen LogP contribution in [0, 0.1) is 17.2 Å². The summed E-state index contributed by atoms with van der Waals surface area (Å²) in [6, 6.07) is 6.63. The van der Waals surface area contributed by atoms with Gasteiger partial charge in [-0.1, -0.05) is 38.8 Å². The molecular weight excluding hydrogens is 239 g/mol. The molecule has 2 heteroatoms. The number of hydrogen-bond donors (Lipinski definition) is 1. The number of hydrogen-bond acceptors (Lipinski definition) is 1. The van der Waals surface area contributed by atoms with Crippen molar-refractivity contribution in [3.63, 3.8) is 0 Å². The quantitative estimate of drug-likeness (QED) is 0.839. The van der Waals surface area contributed by atoms with Gasteiger partial charge in [0.25, 0.3) is 0 Å². The Kier molecular flexibility index (Phi) is 4.62. The summed E-state index contributed by atoms with van der Waals surface area (Å²) in [6.45, 7) is 4.43. The van der Waals surface area contributed by atoms with E-state index >= 15 is 0 Å². The van der Waals surface area contributed by atoms with Gasteiger partial charge in [-0.25, -0.2) is 4.39 Å². The zero-order chi connectivity index (χ0) is 13.9. The first-order valence-corrected chi connectivity index (χ1v) is 7.44. The predicted molar refractivity (Wildman–Crippen MR) is 76.5 cm³/mol. The van der Waals surface area contributed by atoms with Crippen LogP contribution in [0.2, 0.25) is 0 Å². The number of aliphatic hydroxyl groups excluding tert-OH is 1. The molecule has 19 heavy (non-hydrogen) atoms. The van der Waals surface area contributed by atoms with Crippen molar-refractivity contribution in [2.75, 3.05) is 0 Å². The number of halogens is 1. The molecule has 1 saturated carbocycles. The van der Waals surface area contributed by atoms with E-state index < -0.39 is 0 Å². The average Bonchev–Trinajstić information content (AvgIpc) is 2.78. The Labute approximate surface area is 115 Å². The van der Waals surface area contributed by atoms with Crippen LogP contribution in [-0.2, 0) is 6.42 Å².